The van der Waals surface area contributed by atoms with Gasteiger partial charge in [0.2, 0.25) is 11.8 Å². The number of carbonyl (C=O) groups is 2. The normalized spacial score (nSPS) is 12.9. The van der Waals surface area contributed by atoms with Crippen molar-refractivity contribution < 1.29 is 18.0 Å². The molecule has 2 atom stereocenters. The molecule has 0 saturated heterocycles. The Kier molecular flexibility index (Phi) is 10.4. The highest BCUT2D eigenvalue weighted by atomic mass is 35.5. The molecule has 0 aliphatic carbocycles. The number of anilines is 1. The fraction of sp³-hybridized carbons (Fsp3) is 0.310. The van der Waals surface area contributed by atoms with Crippen LogP contribution in [0.4, 0.5) is 5.69 Å². The molecule has 1 N–H and O–H groups in total. The lowest BCUT2D eigenvalue weighted by Crippen LogP contribution is -2.52. The molecule has 2 amide bonds. The zero-order valence-electron chi connectivity index (χ0n) is 22.4. The minimum absolute atomic E-state index is 0.0288. The van der Waals surface area contributed by atoms with E-state index >= 15 is 0 Å². The van der Waals surface area contributed by atoms with Crippen molar-refractivity contribution in [1.82, 2.24) is 10.2 Å². The molecule has 0 fully saturated rings. The summed E-state index contributed by atoms with van der Waals surface area (Å²) in [6.45, 7) is 6.71. The molecule has 0 aliphatic rings. The summed E-state index contributed by atoms with van der Waals surface area (Å²) < 4.78 is 28.8. The highest BCUT2D eigenvalue weighted by Gasteiger charge is 2.33. The van der Waals surface area contributed by atoms with Crippen LogP contribution in [0.3, 0.4) is 0 Å². The molecule has 0 spiro atoms. The van der Waals surface area contributed by atoms with Crippen LogP contribution in [0, 0.1) is 6.92 Å². The molecule has 39 heavy (non-hydrogen) atoms. The van der Waals surface area contributed by atoms with E-state index in [9.17, 15) is 18.0 Å². The van der Waals surface area contributed by atoms with Crippen LogP contribution in [0.1, 0.15) is 38.3 Å². The Labute approximate surface area is 240 Å². The largest absolute Gasteiger partial charge is 0.352 e. The smallest absolute Gasteiger partial charge is 0.264 e. The van der Waals surface area contributed by atoms with Gasteiger partial charge in [-0.25, -0.2) is 8.42 Å². The average Bonchev–Trinajstić information content (AvgIpc) is 2.91. The monoisotopic (exact) mass is 589 g/mol. The summed E-state index contributed by atoms with van der Waals surface area (Å²) in [5.41, 5.74) is 1.60. The Morgan fingerprint density at radius 2 is 1.59 bits per heavy atom. The summed E-state index contributed by atoms with van der Waals surface area (Å²) in [5.74, 6) is -0.892. The van der Waals surface area contributed by atoms with E-state index in [4.69, 9.17) is 23.2 Å². The third-order valence-corrected chi connectivity index (χ3v) is 8.70. The number of hydrogen-bond donors (Lipinski definition) is 1. The minimum Gasteiger partial charge on any atom is -0.352 e. The third kappa shape index (κ3) is 7.75. The molecule has 0 aromatic heterocycles. The summed E-state index contributed by atoms with van der Waals surface area (Å²) in [6.07, 6.45) is 0.720. The number of sulfonamides is 1. The number of halogens is 2. The molecule has 0 bridgehead atoms. The second-order valence-corrected chi connectivity index (χ2v) is 12.1. The first-order chi connectivity index (χ1) is 18.4. The molecule has 0 saturated carbocycles. The Balaban J connectivity index is 2.06. The molecule has 0 unspecified atom stereocenters. The first-order valence-electron chi connectivity index (χ1n) is 12.6. The topological polar surface area (TPSA) is 86.8 Å². The van der Waals surface area contributed by atoms with Crippen molar-refractivity contribution >= 4 is 50.7 Å². The molecule has 208 valence electrons. The Morgan fingerprint density at radius 1 is 0.923 bits per heavy atom. The summed E-state index contributed by atoms with van der Waals surface area (Å²) in [5, 5.41) is 3.72. The number of benzene rings is 3. The fourth-order valence-corrected chi connectivity index (χ4v) is 5.84. The van der Waals surface area contributed by atoms with Crippen LogP contribution in [0.15, 0.2) is 77.7 Å². The Bertz CT molecular complexity index is 1420. The third-order valence-electron chi connectivity index (χ3n) is 6.46. The maximum atomic E-state index is 14.0. The Hall–Kier alpha value is -3.07. The quantitative estimate of drug-likeness (QED) is 0.305. The van der Waals surface area contributed by atoms with Crippen molar-refractivity contribution in [3.05, 3.63) is 94.0 Å². The van der Waals surface area contributed by atoms with Crippen molar-refractivity contribution in [3.8, 4) is 0 Å². The van der Waals surface area contributed by atoms with Gasteiger partial charge >= 0.3 is 0 Å². The van der Waals surface area contributed by atoms with Crippen molar-refractivity contribution in [3.63, 3.8) is 0 Å². The number of nitrogens with one attached hydrogen (secondary N) is 1. The first kappa shape index (κ1) is 30.5. The van der Waals surface area contributed by atoms with Crippen molar-refractivity contribution in [2.75, 3.05) is 10.8 Å². The standard InChI is InChI=1S/C29H33Cl2N3O4S/c1-5-21(3)32-29(36)22(4)33(18-23-10-9-11-24(30)16-23)28(35)19-34(27-17-25(31)15-14-20(27)2)39(37,38)26-12-7-6-8-13-26/h6-17,21-22H,5,18-19H2,1-4H3,(H,32,36)/t21-,22-/m0/s1. The lowest BCUT2D eigenvalue weighted by atomic mass is 10.1. The van der Waals surface area contributed by atoms with Crippen LogP contribution in [0.5, 0.6) is 0 Å². The van der Waals surface area contributed by atoms with E-state index in [0.717, 1.165) is 10.7 Å². The second-order valence-electron chi connectivity index (χ2n) is 9.40. The van der Waals surface area contributed by atoms with E-state index in [-0.39, 0.29) is 29.1 Å². The maximum Gasteiger partial charge on any atom is 0.264 e. The Morgan fingerprint density at radius 3 is 2.23 bits per heavy atom. The lowest BCUT2D eigenvalue weighted by molar-refractivity contribution is -0.139. The van der Waals surface area contributed by atoms with Gasteiger partial charge in [0.1, 0.15) is 12.6 Å². The van der Waals surface area contributed by atoms with E-state index in [1.165, 1.54) is 23.1 Å². The highest BCUT2D eigenvalue weighted by molar-refractivity contribution is 7.92. The van der Waals surface area contributed by atoms with Gasteiger partial charge in [0.05, 0.1) is 10.6 Å². The SMILES string of the molecule is CC[C@H](C)NC(=O)[C@H](C)N(Cc1cccc(Cl)c1)C(=O)CN(c1cc(Cl)ccc1C)S(=O)(=O)c1ccccc1. The summed E-state index contributed by atoms with van der Waals surface area (Å²) in [6, 6.07) is 18.8. The first-order valence-corrected chi connectivity index (χ1v) is 14.8. The second kappa shape index (κ2) is 13.3. The maximum absolute atomic E-state index is 14.0. The number of carbonyl (C=O) groups excluding carboxylic acids is 2. The van der Waals surface area contributed by atoms with Gasteiger partial charge in [-0.2, -0.15) is 0 Å². The summed E-state index contributed by atoms with van der Waals surface area (Å²) in [7, 11) is -4.16. The van der Waals surface area contributed by atoms with Gasteiger partial charge in [-0.3, -0.25) is 13.9 Å². The minimum atomic E-state index is -4.16. The van der Waals surface area contributed by atoms with Crippen LogP contribution in [-0.2, 0) is 26.2 Å². The molecule has 0 heterocycles. The average molecular weight is 591 g/mol. The van der Waals surface area contributed by atoms with Crippen LogP contribution < -0.4 is 9.62 Å². The highest BCUT2D eigenvalue weighted by Crippen LogP contribution is 2.30. The molecule has 3 aromatic carbocycles. The zero-order valence-corrected chi connectivity index (χ0v) is 24.7. The van der Waals surface area contributed by atoms with Crippen LogP contribution in [-0.4, -0.2) is 43.8 Å². The fourth-order valence-electron chi connectivity index (χ4n) is 3.96. The molecular formula is C29H33Cl2N3O4S. The summed E-state index contributed by atoms with van der Waals surface area (Å²) in [4.78, 5) is 28.5. The number of amides is 2. The lowest BCUT2D eigenvalue weighted by Gasteiger charge is -2.33. The molecule has 0 radical (unpaired) electrons. The number of rotatable bonds is 11. The van der Waals surface area contributed by atoms with Gasteiger partial charge in [0, 0.05) is 22.6 Å². The van der Waals surface area contributed by atoms with E-state index in [1.807, 2.05) is 13.8 Å². The predicted octanol–water partition coefficient (Wildman–Crippen LogP) is 5.83. The van der Waals surface area contributed by atoms with E-state index in [0.29, 0.717) is 21.2 Å². The van der Waals surface area contributed by atoms with Crippen LogP contribution >= 0.6 is 23.2 Å². The molecular weight excluding hydrogens is 557 g/mol. The van der Waals surface area contributed by atoms with Crippen molar-refractivity contribution in [2.24, 2.45) is 0 Å². The number of nitrogens with zero attached hydrogens (tertiary/aromatic N) is 2. The van der Waals surface area contributed by atoms with Gasteiger partial charge < -0.3 is 10.2 Å². The zero-order chi connectivity index (χ0) is 28.7. The van der Waals surface area contributed by atoms with E-state index in [2.05, 4.69) is 5.32 Å². The van der Waals surface area contributed by atoms with Gasteiger partial charge in [-0.05, 0) is 74.7 Å². The molecule has 7 nitrogen and oxygen atoms in total. The van der Waals surface area contributed by atoms with Gasteiger partial charge in [0.25, 0.3) is 10.0 Å². The van der Waals surface area contributed by atoms with Gasteiger partial charge in [0.15, 0.2) is 0 Å². The van der Waals surface area contributed by atoms with Gasteiger partial charge in [-0.15, -0.1) is 0 Å². The predicted molar refractivity (Wildman–Crippen MR) is 157 cm³/mol. The number of aryl methyl sites for hydroxylation is 1. The molecule has 0 aliphatic heterocycles. The van der Waals surface area contributed by atoms with Crippen LogP contribution in [0.25, 0.3) is 0 Å². The van der Waals surface area contributed by atoms with Crippen LogP contribution in [0.2, 0.25) is 10.0 Å². The van der Waals surface area contributed by atoms with E-state index in [1.54, 1.807) is 68.4 Å². The molecule has 3 aromatic rings. The molecule has 3 rings (SSSR count). The number of hydrogen-bond acceptors (Lipinski definition) is 4. The van der Waals surface area contributed by atoms with Crippen molar-refractivity contribution in [1.29, 1.82) is 0 Å². The van der Waals surface area contributed by atoms with Crippen molar-refractivity contribution in [2.45, 2.75) is 57.6 Å². The molecule has 10 heteroatoms. The van der Waals surface area contributed by atoms with Gasteiger partial charge in [-0.1, -0.05) is 66.5 Å². The van der Waals surface area contributed by atoms with E-state index < -0.39 is 28.5 Å². The summed E-state index contributed by atoms with van der Waals surface area (Å²) >= 11 is 12.4.